The van der Waals surface area contributed by atoms with Gasteiger partial charge in [-0.05, 0) is 36.1 Å². The van der Waals surface area contributed by atoms with Crippen LogP contribution in [-0.2, 0) is 6.42 Å². The van der Waals surface area contributed by atoms with Crippen LogP contribution in [0.4, 0.5) is 0 Å². The fourth-order valence-electron chi connectivity index (χ4n) is 2.94. The molecule has 0 radical (unpaired) electrons. The topological polar surface area (TPSA) is 20.3 Å². The maximum Gasteiger partial charge on any atom is 0.255 e. The Morgan fingerprint density at radius 3 is 2.71 bits per heavy atom. The lowest BCUT2D eigenvalue weighted by molar-refractivity contribution is 0.0731. The summed E-state index contributed by atoms with van der Waals surface area (Å²) in [6.45, 7) is 0. The van der Waals surface area contributed by atoms with Crippen molar-refractivity contribution in [1.29, 1.82) is 0 Å². The van der Waals surface area contributed by atoms with Crippen LogP contribution in [0.2, 0.25) is 10.0 Å². The van der Waals surface area contributed by atoms with Crippen molar-refractivity contribution in [2.75, 3.05) is 7.05 Å². The van der Waals surface area contributed by atoms with Crippen LogP contribution in [0, 0.1) is 0 Å². The lowest BCUT2D eigenvalue weighted by Gasteiger charge is -2.26. The molecule has 1 aliphatic carbocycles. The van der Waals surface area contributed by atoms with Crippen LogP contribution in [0.5, 0.6) is 0 Å². The van der Waals surface area contributed by atoms with Crippen LogP contribution < -0.4 is 0 Å². The highest BCUT2D eigenvalue weighted by Gasteiger charge is 2.29. The van der Waals surface area contributed by atoms with Crippen LogP contribution in [0.25, 0.3) is 0 Å². The second-order valence-corrected chi connectivity index (χ2v) is 6.06. The zero-order valence-corrected chi connectivity index (χ0v) is 13.2. The first-order valence-electron chi connectivity index (χ1n) is 6.88. The van der Waals surface area contributed by atoms with Crippen molar-refractivity contribution in [1.82, 2.24) is 4.90 Å². The molecule has 0 saturated carbocycles. The van der Waals surface area contributed by atoms with E-state index in [-0.39, 0.29) is 11.9 Å². The van der Waals surface area contributed by atoms with E-state index in [1.165, 1.54) is 11.1 Å². The van der Waals surface area contributed by atoms with E-state index in [1.54, 1.807) is 23.1 Å². The third kappa shape index (κ3) is 2.54. The number of fused-ring (bicyclic) bond motifs is 1. The lowest BCUT2D eigenvalue weighted by Crippen LogP contribution is -2.30. The summed E-state index contributed by atoms with van der Waals surface area (Å²) < 4.78 is 0. The highest BCUT2D eigenvalue weighted by atomic mass is 35.5. The largest absolute Gasteiger partial charge is 0.335 e. The Hall–Kier alpha value is -1.51. The van der Waals surface area contributed by atoms with Crippen molar-refractivity contribution in [2.45, 2.75) is 18.9 Å². The van der Waals surface area contributed by atoms with Gasteiger partial charge in [-0.2, -0.15) is 0 Å². The van der Waals surface area contributed by atoms with Crippen LogP contribution >= 0.6 is 23.2 Å². The van der Waals surface area contributed by atoms with Gasteiger partial charge in [0.15, 0.2) is 0 Å². The number of carbonyl (C=O) groups excluding carboxylic acids is 1. The molecule has 0 N–H and O–H groups in total. The van der Waals surface area contributed by atoms with Crippen molar-refractivity contribution in [3.8, 4) is 0 Å². The number of nitrogens with zero attached hydrogens (tertiary/aromatic N) is 1. The molecule has 2 nitrogen and oxygen atoms in total. The number of carbonyl (C=O) groups is 1. The van der Waals surface area contributed by atoms with E-state index >= 15 is 0 Å². The van der Waals surface area contributed by atoms with Gasteiger partial charge in [0.25, 0.3) is 5.91 Å². The Bertz CT molecular complexity index is 699. The van der Waals surface area contributed by atoms with Crippen molar-refractivity contribution in [3.05, 3.63) is 69.2 Å². The maximum atomic E-state index is 12.7. The molecule has 0 unspecified atom stereocenters. The van der Waals surface area contributed by atoms with Crippen LogP contribution in [0.3, 0.4) is 0 Å². The normalized spacial score (nSPS) is 16.6. The Kier molecular flexibility index (Phi) is 3.92. The van der Waals surface area contributed by atoms with E-state index in [1.807, 2.05) is 19.2 Å². The number of rotatable bonds is 2. The van der Waals surface area contributed by atoms with E-state index in [9.17, 15) is 4.79 Å². The second kappa shape index (κ2) is 5.70. The molecule has 2 aromatic carbocycles. The second-order valence-electron chi connectivity index (χ2n) is 5.27. The fraction of sp³-hybridized carbons (Fsp3) is 0.235. The summed E-state index contributed by atoms with van der Waals surface area (Å²) >= 11 is 12.2. The molecule has 0 aromatic heterocycles. The minimum absolute atomic E-state index is 0.0933. The molecular formula is C17H15Cl2NO. The summed E-state index contributed by atoms with van der Waals surface area (Å²) in [7, 11) is 1.83. The summed E-state index contributed by atoms with van der Waals surface area (Å²) in [5.41, 5.74) is 3.00. The summed E-state index contributed by atoms with van der Waals surface area (Å²) in [6, 6.07) is 13.5. The predicted octanol–water partition coefficient (Wildman–Crippen LogP) is 4.75. The van der Waals surface area contributed by atoms with Crippen molar-refractivity contribution >= 4 is 29.1 Å². The Morgan fingerprint density at radius 1 is 1.14 bits per heavy atom. The first-order chi connectivity index (χ1) is 10.1. The third-order valence-corrected chi connectivity index (χ3v) is 4.89. The van der Waals surface area contributed by atoms with Crippen molar-refractivity contribution in [2.24, 2.45) is 0 Å². The molecule has 3 rings (SSSR count). The molecule has 1 atom stereocenters. The fourth-order valence-corrected chi connectivity index (χ4v) is 3.32. The van der Waals surface area contributed by atoms with Gasteiger partial charge in [-0.1, -0.05) is 53.5 Å². The molecule has 1 aliphatic rings. The average molecular weight is 320 g/mol. The van der Waals surface area contributed by atoms with E-state index in [0.717, 1.165) is 12.8 Å². The maximum absolute atomic E-state index is 12.7. The minimum Gasteiger partial charge on any atom is -0.335 e. The summed E-state index contributed by atoms with van der Waals surface area (Å²) in [5.74, 6) is -0.0933. The minimum atomic E-state index is -0.0933. The van der Waals surface area contributed by atoms with Gasteiger partial charge in [0, 0.05) is 7.05 Å². The Morgan fingerprint density at radius 2 is 1.90 bits per heavy atom. The van der Waals surface area contributed by atoms with Crippen molar-refractivity contribution < 1.29 is 4.79 Å². The van der Waals surface area contributed by atoms with Crippen LogP contribution in [-0.4, -0.2) is 17.9 Å². The summed E-state index contributed by atoms with van der Waals surface area (Å²) in [6.07, 6.45) is 1.95. The zero-order valence-electron chi connectivity index (χ0n) is 11.6. The number of aryl methyl sites for hydroxylation is 1. The molecule has 21 heavy (non-hydrogen) atoms. The number of benzene rings is 2. The van der Waals surface area contributed by atoms with E-state index in [2.05, 4.69) is 12.1 Å². The van der Waals surface area contributed by atoms with Gasteiger partial charge < -0.3 is 4.90 Å². The van der Waals surface area contributed by atoms with E-state index in [0.29, 0.717) is 15.6 Å². The smallest absolute Gasteiger partial charge is 0.255 e. The van der Waals surface area contributed by atoms with E-state index < -0.39 is 0 Å². The van der Waals surface area contributed by atoms with Crippen LogP contribution in [0.15, 0.2) is 42.5 Å². The van der Waals surface area contributed by atoms with Crippen LogP contribution in [0.1, 0.15) is 33.9 Å². The van der Waals surface area contributed by atoms with Gasteiger partial charge in [-0.3, -0.25) is 4.79 Å². The highest BCUT2D eigenvalue weighted by molar-refractivity contribution is 6.43. The highest BCUT2D eigenvalue weighted by Crippen LogP contribution is 2.36. The number of halogens is 2. The predicted molar refractivity (Wildman–Crippen MR) is 86.1 cm³/mol. The molecule has 2 aromatic rings. The first-order valence-corrected chi connectivity index (χ1v) is 7.64. The van der Waals surface area contributed by atoms with Gasteiger partial charge in [-0.25, -0.2) is 0 Å². The molecular weight excluding hydrogens is 305 g/mol. The average Bonchev–Trinajstić information content (AvgIpc) is 2.92. The SMILES string of the molecule is CN(C(=O)c1cccc(Cl)c1Cl)[C@H]1CCc2ccccc21. The zero-order chi connectivity index (χ0) is 15.0. The standard InChI is InChI=1S/C17H15Cl2NO/c1-20(15-10-9-11-5-2-3-6-12(11)15)17(21)13-7-4-8-14(18)16(13)19/h2-8,15H,9-10H2,1H3/t15-/m0/s1. The van der Waals surface area contributed by atoms with Gasteiger partial charge in [-0.15, -0.1) is 0 Å². The molecule has 1 amide bonds. The van der Waals surface area contributed by atoms with Gasteiger partial charge >= 0.3 is 0 Å². The molecule has 0 saturated heterocycles. The number of amides is 1. The van der Waals surface area contributed by atoms with Crippen molar-refractivity contribution in [3.63, 3.8) is 0 Å². The molecule has 0 aliphatic heterocycles. The van der Waals surface area contributed by atoms with Gasteiger partial charge in [0.05, 0.1) is 21.7 Å². The van der Waals surface area contributed by atoms with E-state index in [4.69, 9.17) is 23.2 Å². The summed E-state index contributed by atoms with van der Waals surface area (Å²) in [4.78, 5) is 14.5. The Balaban J connectivity index is 1.91. The molecule has 0 heterocycles. The number of hydrogen-bond donors (Lipinski definition) is 0. The first kappa shape index (κ1) is 14.4. The Labute approximate surface area is 134 Å². The molecule has 0 fully saturated rings. The molecule has 0 bridgehead atoms. The lowest BCUT2D eigenvalue weighted by atomic mass is 10.1. The summed E-state index contributed by atoms with van der Waals surface area (Å²) in [5, 5.41) is 0.727. The third-order valence-electron chi connectivity index (χ3n) is 4.07. The molecule has 108 valence electrons. The monoisotopic (exact) mass is 319 g/mol. The molecule has 0 spiro atoms. The quantitative estimate of drug-likeness (QED) is 0.782. The van der Waals surface area contributed by atoms with Gasteiger partial charge in [0.1, 0.15) is 0 Å². The molecule has 4 heteroatoms. The van der Waals surface area contributed by atoms with Gasteiger partial charge in [0.2, 0.25) is 0 Å². The number of hydrogen-bond acceptors (Lipinski definition) is 1.